The Bertz CT molecular complexity index is 1060. The van der Waals surface area contributed by atoms with Gasteiger partial charge in [-0.05, 0) is 39.0 Å². The number of rotatable bonds is 2. The molecule has 0 aliphatic heterocycles. The molecule has 0 saturated heterocycles. The minimum absolute atomic E-state index is 0.00211. The van der Waals surface area contributed by atoms with E-state index in [1.54, 1.807) is 20.8 Å². The summed E-state index contributed by atoms with van der Waals surface area (Å²) in [6, 6.07) is 6.14. The van der Waals surface area contributed by atoms with Gasteiger partial charge in [0.05, 0.1) is 0 Å². The molecule has 7 nitrogen and oxygen atoms in total. The Morgan fingerprint density at radius 1 is 0.923 bits per heavy atom. The van der Waals surface area contributed by atoms with Crippen LogP contribution in [0.1, 0.15) is 20.8 Å². The van der Waals surface area contributed by atoms with Crippen LogP contribution in [0.15, 0.2) is 39.5 Å². The number of phenols is 4. The van der Waals surface area contributed by atoms with Crippen LogP contribution >= 0.6 is 0 Å². The van der Waals surface area contributed by atoms with Gasteiger partial charge in [0.2, 0.25) is 11.2 Å². The van der Waals surface area contributed by atoms with E-state index in [2.05, 4.69) is 0 Å². The Morgan fingerprint density at radius 3 is 2.23 bits per heavy atom. The molecule has 0 atom stereocenters. The largest absolute Gasteiger partial charge is 0.508 e. The van der Waals surface area contributed by atoms with Gasteiger partial charge in [-0.1, -0.05) is 0 Å². The third-order valence-electron chi connectivity index (χ3n) is 3.56. The van der Waals surface area contributed by atoms with E-state index in [4.69, 9.17) is 9.15 Å². The van der Waals surface area contributed by atoms with Crippen LogP contribution in [0.3, 0.4) is 0 Å². The van der Waals surface area contributed by atoms with E-state index in [-0.39, 0.29) is 39.5 Å². The highest BCUT2D eigenvalue weighted by Crippen LogP contribution is 2.39. The van der Waals surface area contributed by atoms with Crippen LogP contribution < -0.4 is 10.2 Å². The Morgan fingerprint density at radius 2 is 1.62 bits per heavy atom. The molecular formula is C19H18O7. The van der Waals surface area contributed by atoms with Crippen molar-refractivity contribution in [3.63, 3.8) is 0 Å². The summed E-state index contributed by atoms with van der Waals surface area (Å²) in [7, 11) is 0. The molecule has 7 heteroatoms. The maximum absolute atomic E-state index is 12.9. The molecule has 2 aromatic carbocycles. The van der Waals surface area contributed by atoms with Crippen molar-refractivity contribution in [1.82, 2.24) is 0 Å². The summed E-state index contributed by atoms with van der Waals surface area (Å²) in [6.45, 7) is 5.22. The summed E-state index contributed by atoms with van der Waals surface area (Å²) >= 11 is 0. The van der Waals surface area contributed by atoms with Crippen LogP contribution in [0, 0.1) is 0 Å². The first-order valence-corrected chi connectivity index (χ1v) is 7.81. The van der Waals surface area contributed by atoms with Crippen molar-refractivity contribution in [2.45, 2.75) is 26.4 Å². The Kier molecular flexibility index (Phi) is 3.95. The van der Waals surface area contributed by atoms with Gasteiger partial charge in [0.15, 0.2) is 17.3 Å². The molecule has 1 heterocycles. The summed E-state index contributed by atoms with van der Waals surface area (Å²) in [5.41, 5.74) is -1.14. The summed E-state index contributed by atoms with van der Waals surface area (Å²) in [5, 5.41) is 38.9. The van der Waals surface area contributed by atoms with Crippen molar-refractivity contribution in [1.29, 1.82) is 0 Å². The van der Waals surface area contributed by atoms with Gasteiger partial charge in [0.25, 0.3) is 0 Å². The topological polar surface area (TPSA) is 120 Å². The molecule has 0 aliphatic rings. The van der Waals surface area contributed by atoms with Gasteiger partial charge in [-0.25, -0.2) is 0 Å². The van der Waals surface area contributed by atoms with Crippen molar-refractivity contribution in [2.24, 2.45) is 0 Å². The molecular weight excluding hydrogens is 340 g/mol. The maximum atomic E-state index is 12.9. The first kappa shape index (κ1) is 17.5. The fourth-order valence-electron chi connectivity index (χ4n) is 2.52. The number of benzene rings is 2. The van der Waals surface area contributed by atoms with Crippen LogP contribution in [-0.2, 0) is 0 Å². The summed E-state index contributed by atoms with van der Waals surface area (Å²) < 4.78 is 11.5. The zero-order valence-corrected chi connectivity index (χ0v) is 14.4. The first-order valence-electron chi connectivity index (χ1n) is 7.81. The van der Waals surface area contributed by atoms with Gasteiger partial charge in [-0.2, -0.15) is 0 Å². The number of aromatic hydroxyl groups is 4. The third-order valence-corrected chi connectivity index (χ3v) is 3.56. The van der Waals surface area contributed by atoms with Gasteiger partial charge in [-0.15, -0.1) is 0 Å². The monoisotopic (exact) mass is 358 g/mol. The Labute approximate surface area is 148 Å². The van der Waals surface area contributed by atoms with E-state index in [0.717, 1.165) is 6.07 Å². The van der Waals surface area contributed by atoms with Crippen LogP contribution in [-0.4, -0.2) is 26.0 Å². The van der Waals surface area contributed by atoms with Crippen molar-refractivity contribution in [2.75, 3.05) is 0 Å². The minimum Gasteiger partial charge on any atom is -0.508 e. The molecule has 0 unspecified atom stereocenters. The van der Waals surface area contributed by atoms with Gasteiger partial charge in [0, 0.05) is 17.7 Å². The molecule has 0 saturated carbocycles. The van der Waals surface area contributed by atoms with Gasteiger partial charge in [0.1, 0.15) is 28.1 Å². The van der Waals surface area contributed by atoms with E-state index < -0.39 is 22.5 Å². The second-order valence-corrected chi connectivity index (χ2v) is 6.85. The molecule has 4 N–H and O–H groups in total. The fraction of sp³-hybridized carbons (Fsp3) is 0.211. The van der Waals surface area contributed by atoms with Gasteiger partial charge >= 0.3 is 0 Å². The van der Waals surface area contributed by atoms with Crippen molar-refractivity contribution in [3.8, 4) is 40.1 Å². The highest BCUT2D eigenvalue weighted by Gasteiger charge is 2.25. The number of phenolic OH excluding ortho intramolecular Hbond substituents is 4. The molecule has 136 valence electrons. The molecule has 26 heavy (non-hydrogen) atoms. The molecule has 0 aliphatic carbocycles. The standard InChI is InChI=1S/C19H18O7/c1-19(2,3)26-18-16(24)15-13(23)7-10(20)8-14(15)25-17(18)9-4-5-11(21)12(22)6-9/h4-8,20-23H,1-3H3. The Balaban J connectivity index is 2.40. The van der Waals surface area contributed by atoms with Crippen LogP contribution in [0.2, 0.25) is 0 Å². The first-order chi connectivity index (χ1) is 12.1. The normalized spacial score (nSPS) is 11.7. The zero-order chi connectivity index (χ0) is 19.2. The molecule has 0 spiro atoms. The SMILES string of the molecule is CC(C)(C)Oc1c(-c2ccc(O)c(O)c2)oc2cc(O)cc(O)c2c1=O. The lowest BCUT2D eigenvalue weighted by atomic mass is 10.1. The average molecular weight is 358 g/mol. The van der Waals surface area contributed by atoms with E-state index >= 15 is 0 Å². The summed E-state index contributed by atoms with van der Waals surface area (Å²) in [4.78, 5) is 12.9. The smallest absolute Gasteiger partial charge is 0.239 e. The summed E-state index contributed by atoms with van der Waals surface area (Å²) in [5.74, 6) is -1.60. The minimum atomic E-state index is -0.747. The molecule has 0 fully saturated rings. The van der Waals surface area contributed by atoms with Gasteiger partial charge in [-0.3, -0.25) is 4.79 Å². The van der Waals surface area contributed by atoms with Crippen molar-refractivity contribution >= 4 is 11.0 Å². The fourth-order valence-corrected chi connectivity index (χ4v) is 2.52. The third kappa shape index (κ3) is 3.11. The predicted molar refractivity (Wildman–Crippen MR) is 95.0 cm³/mol. The number of fused-ring (bicyclic) bond motifs is 1. The molecule has 0 amide bonds. The highest BCUT2D eigenvalue weighted by atomic mass is 16.5. The zero-order valence-electron chi connectivity index (χ0n) is 14.4. The lowest BCUT2D eigenvalue weighted by Crippen LogP contribution is -2.26. The van der Waals surface area contributed by atoms with Crippen LogP contribution in [0.5, 0.6) is 28.7 Å². The number of hydrogen-bond donors (Lipinski definition) is 4. The maximum Gasteiger partial charge on any atom is 0.239 e. The van der Waals surface area contributed by atoms with Gasteiger partial charge < -0.3 is 29.6 Å². The predicted octanol–water partition coefficient (Wildman–Crippen LogP) is 3.46. The molecule has 0 bridgehead atoms. The summed E-state index contributed by atoms with van der Waals surface area (Å²) in [6.07, 6.45) is 0. The van der Waals surface area contributed by atoms with E-state index in [0.29, 0.717) is 0 Å². The van der Waals surface area contributed by atoms with E-state index in [1.165, 1.54) is 24.3 Å². The van der Waals surface area contributed by atoms with Crippen molar-refractivity contribution in [3.05, 3.63) is 40.6 Å². The second kappa shape index (κ2) is 5.87. The van der Waals surface area contributed by atoms with E-state index in [1.807, 2.05) is 0 Å². The molecule has 3 rings (SSSR count). The quantitative estimate of drug-likeness (QED) is 0.518. The second-order valence-electron chi connectivity index (χ2n) is 6.85. The Hall–Kier alpha value is -3.35. The molecule has 1 aromatic heterocycles. The number of hydrogen-bond acceptors (Lipinski definition) is 7. The lowest BCUT2D eigenvalue weighted by molar-refractivity contribution is 0.127. The average Bonchev–Trinajstić information content (AvgIpc) is 2.50. The molecule has 0 radical (unpaired) electrons. The highest BCUT2D eigenvalue weighted by molar-refractivity contribution is 5.88. The lowest BCUT2D eigenvalue weighted by Gasteiger charge is -2.22. The van der Waals surface area contributed by atoms with Crippen LogP contribution in [0.25, 0.3) is 22.3 Å². The van der Waals surface area contributed by atoms with E-state index in [9.17, 15) is 25.2 Å². The van der Waals surface area contributed by atoms with Crippen LogP contribution in [0.4, 0.5) is 0 Å². The molecule has 3 aromatic rings. The number of ether oxygens (including phenoxy) is 1. The van der Waals surface area contributed by atoms with Crippen molar-refractivity contribution < 1.29 is 29.6 Å².